The third-order valence-corrected chi connectivity index (χ3v) is 2.70. The number of nitrogens with zero attached hydrogens (tertiary/aromatic N) is 2. The topological polar surface area (TPSA) is 116 Å². The average Bonchev–Trinajstić information content (AvgIpc) is 2.58. The summed E-state index contributed by atoms with van der Waals surface area (Å²) < 4.78 is 29.9. The number of methoxy groups -OCH3 is 1. The van der Waals surface area contributed by atoms with Gasteiger partial charge in [-0.15, -0.1) is 0 Å². The van der Waals surface area contributed by atoms with Crippen LogP contribution in [0.5, 0.6) is 0 Å². The van der Waals surface area contributed by atoms with Crippen LogP contribution in [0.2, 0.25) is 0 Å². The number of hydrogen-bond donors (Lipinski definition) is 2. The Bertz CT molecular complexity index is 508. The van der Waals surface area contributed by atoms with Gasteiger partial charge in [0.1, 0.15) is 5.82 Å². The first kappa shape index (κ1) is 13.5. The molecule has 0 aliphatic heterocycles. The molecule has 0 fully saturated rings. The molecular formula is C8H14N4O4S. The number of esters is 1. The number of aromatic nitrogens is 2. The Labute approximate surface area is 98.8 Å². The molecule has 0 amide bonds. The molecule has 17 heavy (non-hydrogen) atoms. The van der Waals surface area contributed by atoms with E-state index in [4.69, 9.17) is 5.73 Å². The van der Waals surface area contributed by atoms with Crippen molar-refractivity contribution in [1.29, 1.82) is 0 Å². The molecule has 3 N–H and O–H groups in total. The zero-order valence-electron chi connectivity index (χ0n) is 9.50. The van der Waals surface area contributed by atoms with E-state index in [1.807, 2.05) is 0 Å². The van der Waals surface area contributed by atoms with Crippen molar-refractivity contribution < 1.29 is 17.9 Å². The predicted molar refractivity (Wildman–Crippen MR) is 60.8 cm³/mol. The molecule has 1 aromatic rings. The van der Waals surface area contributed by atoms with E-state index in [0.29, 0.717) is 0 Å². The van der Waals surface area contributed by atoms with Crippen LogP contribution in [-0.2, 0) is 21.3 Å². The number of hydrogen-bond acceptors (Lipinski definition) is 6. The fraction of sp³-hybridized carbons (Fsp3) is 0.500. The molecule has 9 heteroatoms. The van der Waals surface area contributed by atoms with Gasteiger partial charge in [-0.3, -0.25) is 0 Å². The molecule has 0 unspecified atom stereocenters. The molecule has 0 radical (unpaired) electrons. The van der Waals surface area contributed by atoms with E-state index in [0.717, 1.165) is 6.26 Å². The normalized spacial score (nSPS) is 11.4. The van der Waals surface area contributed by atoms with Gasteiger partial charge in [-0.25, -0.2) is 22.9 Å². The van der Waals surface area contributed by atoms with Crippen LogP contribution in [0.4, 0.5) is 5.82 Å². The molecule has 0 bridgehead atoms. The number of sulfonamides is 1. The van der Waals surface area contributed by atoms with Crippen molar-refractivity contribution in [3.63, 3.8) is 0 Å². The summed E-state index contributed by atoms with van der Waals surface area (Å²) in [6, 6.07) is 0. The Hall–Kier alpha value is -1.61. The highest BCUT2D eigenvalue weighted by atomic mass is 32.2. The number of carbonyl (C=O) groups is 1. The van der Waals surface area contributed by atoms with Crippen molar-refractivity contribution in [1.82, 2.24) is 14.3 Å². The number of nitrogen functional groups attached to an aromatic ring is 1. The van der Waals surface area contributed by atoms with Crippen LogP contribution in [0.3, 0.4) is 0 Å². The van der Waals surface area contributed by atoms with Crippen molar-refractivity contribution in [3.05, 3.63) is 12.0 Å². The Morgan fingerprint density at radius 2 is 2.29 bits per heavy atom. The van der Waals surface area contributed by atoms with Gasteiger partial charge in [0, 0.05) is 13.1 Å². The monoisotopic (exact) mass is 262 g/mol. The number of rotatable bonds is 5. The summed E-state index contributed by atoms with van der Waals surface area (Å²) in [5.74, 6) is -0.482. The largest absolute Gasteiger partial charge is 0.464 e. The zero-order chi connectivity index (χ0) is 13.1. The van der Waals surface area contributed by atoms with Crippen LogP contribution in [0.25, 0.3) is 0 Å². The van der Waals surface area contributed by atoms with Crippen LogP contribution in [0, 0.1) is 0 Å². The van der Waals surface area contributed by atoms with Gasteiger partial charge in [0.2, 0.25) is 10.0 Å². The van der Waals surface area contributed by atoms with E-state index < -0.39 is 16.0 Å². The minimum absolute atomic E-state index is 0.0202. The molecule has 0 aliphatic carbocycles. The van der Waals surface area contributed by atoms with Crippen molar-refractivity contribution in [2.75, 3.05) is 25.6 Å². The molecule has 0 aliphatic rings. The quantitative estimate of drug-likeness (QED) is 0.644. The van der Waals surface area contributed by atoms with Gasteiger partial charge in [0.15, 0.2) is 5.69 Å². The molecule has 0 spiro atoms. The van der Waals surface area contributed by atoms with E-state index in [1.165, 1.54) is 18.0 Å². The highest BCUT2D eigenvalue weighted by molar-refractivity contribution is 7.88. The van der Waals surface area contributed by atoms with Gasteiger partial charge < -0.3 is 15.0 Å². The molecule has 0 saturated carbocycles. The van der Waals surface area contributed by atoms with E-state index >= 15 is 0 Å². The number of ether oxygens (including phenoxy) is 1. The SMILES string of the molecule is COC(=O)c1ncn(CCNS(C)(=O)=O)c1N. The molecule has 8 nitrogen and oxygen atoms in total. The van der Waals surface area contributed by atoms with Crippen LogP contribution >= 0.6 is 0 Å². The third-order valence-electron chi connectivity index (χ3n) is 1.97. The fourth-order valence-corrected chi connectivity index (χ4v) is 1.64. The van der Waals surface area contributed by atoms with E-state index in [-0.39, 0.29) is 24.6 Å². The maximum Gasteiger partial charge on any atom is 0.360 e. The van der Waals surface area contributed by atoms with Crippen molar-refractivity contribution in [2.45, 2.75) is 6.54 Å². The van der Waals surface area contributed by atoms with Crippen LogP contribution in [0.15, 0.2) is 6.33 Å². The van der Waals surface area contributed by atoms with Gasteiger partial charge in [-0.2, -0.15) is 0 Å². The number of nitrogens with two attached hydrogens (primary N) is 1. The Balaban J connectivity index is 2.68. The standard InChI is InChI=1S/C8H14N4O4S/c1-16-8(13)6-7(9)12(5-10-6)4-3-11-17(2,14)15/h5,11H,3-4,9H2,1-2H3. The second kappa shape index (κ2) is 5.15. The Morgan fingerprint density at radius 3 is 2.82 bits per heavy atom. The molecule has 0 saturated heterocycles. The summed E-state index contributed by atoms with van der Waals surface area (Å²) in [6.07, 6.45) is 2.41. The summed E-state index contributed by atoms with van der Waals surface area (Å²) in [7, 11) is -2.01. The second-order valence-corrected chi connectivity index (χ2v) is 5.16. The first-order valence-corrected chi connectivity index (χ1v) is 6.58. The third kappa shape index (κ3) is 3.71. The summed E-state index contributed by atoms with van der Waals surface area (Å²) in [5.41, 5.74) is 5.67. The highest BCUT2D eigenvalue weighted by Crippen LogP contribution is 2.10. The first-order valence-electron chi connectivity index (χ1n) is 4.68. The molecule has 1 rings (SSSR count). The van der Waals surface area contributed by atoms with Gasteiger partial charge in [-0.1, -0.05) is 0 Å². The second-order valence-electron chi connectivity index (χ2n) is 3.33. The molecule has 1 aromatic heterocycles. The van der Waals surface area contributed by atoms with Gasteiger partial charge in [0.05, 0.1) is 19.7 Å². The zero-order valence-corrected chi connectivity index (χ0v) is 10.3. The Morgan fingerprint density at radius 1 is 1.65 bits per heavy atom. The van der Waals surface area contributed by atoms with E-state index in [1.54, 1.807) is 0 Å². The maximum atomic E-state index is 11.2. The molecular weight excluding hydrogens is 248 g/mol. The molecule has 0 atom stereocenters. The summed E-state index contributed by atoms with van der Waals surface area (Å²) in [4.78, 5) is 15.0. The lowest BCUT2D eigenvalue weighted by Gasteiger charge is -2.05. The predicted octanol–water partition coefficient (Wildman–Crippen LogP) is -1.20. The number of imidazole rings is 1. The van der Waals surface area contributed by atoms with E-state index in [2.05, 4.69) is 14.4 Å². The highest BCUT2D eigenvalue weighted by Gasteiger charge is 2.15. The van der Waals surface area contributed by atoms with Crippen molar-refractivity contribution >= 4 is 21.8 Å². The summed E-state index contributed by atoms with van der Waals surface area (Å²) in [5, 5.41) is 0. The first-order chi connectivity index (χ1) is 7.85. The van der Waals surface area contributed by atoms with Gasteiger partial charge in [-0.05, 0) is 0 Å². The van der Waals surface area contributed by atoms with Crippen LogP contribution in [-0.4, -0.2) is 43.8 Å². The summed E-state index contributed by atoms with van der Waals surface area (Å²) in [6.45, 7) is 0.447. The number of anilines is 1. The summed E-state index contributed by atoms with van der Waals surface area (Å²) >= 11 is 0. The van der Waals surface area contributed by atoms with E-state index in [9.17, 15) is 13.2 Å². The van der Waals surface area contributed by atoms with Crippen molar-refractivity contribution in [2.24, 2.45) is 0 Å². The lowest BCUT2D eigenvalue weighted by Crippen LogP contribution is -2.26. The lowest BCUT2D eigenvalue weighted by atomic mass is 10.4. The van der Waals surface area contributed by atoms with Crippen LogP contribution < -0.4 is 10.5 Å². The lowest BCUT2D eigenvalue weighted by molar-refractivity contribution is 0.0596. The Kier molecular flexibility index (Phi) is 4.07. The fourth-order valence-electron chi connectivity index (χ4n) is 1.18. The van der Waals surface area contributed by atoms with Gasteiger partial charge >= 0.3 is 5.97 Å². The molecule has 0 aromatic carbocycles. The van der Waals surface area contributed by atoms with Crippen molar-refractivity contribution in [3.8, 4) is 0 Å². The molecule has 96 valence electrons. The van der Waals surface area contributed by atoms with Gasteiger partial charge in [0.25, 0.3) is 0 Å². The minimum Gasteiger partial charge on any atom is -0.464 e. The number of nitrogens with one attached hydrogen (secondary N) is 1. The maximum absolute atomic E-state index is 11.2. The minimum atomic E-state index is -3.24. The smallest absolute Gasteiger partial charge is 0.360 e. The molecule has 1 heterocycles. The number of carbonyl (C=O) groups excluding carboxylic acids is 1. The van der Waals surface area contributed by atoms with Crippen LogP contribution in [0.1, 0.15) is 10.5 Å². The average molecular weight is 262 g/mol.